The first-order valence-corrected chi connectivity index (χ1v) is 13.5. The summed E-state index contributed by atoms with van der Waals surface area (Å²) < 4.78 is 11.3. The van der Waals surface area contributed by atoms with Crippen molar-refractivity contribution >= 4 is 11.8 Å². The molecule has 3 aliphatic heterocycles. The molecular formula is C30H41N3O5. The lowest BCUT2D eigenvalue weighted by atomic mass is 10.0. The standard InChI is InChI=1S/C29H37N3O5.CH4/c33-27(10-2-1-5-15-32-19-22-8-3-4-9-23(22)29(32)35)30-24(20-31-13-6-7-14-31)28(34)21-11-12-25-26(18-21)37-17-16-36-25;/h3-4,8-9,11-12,18,24,28,34H,1-2,5-7,10,13-17,19-20H2,(H,30,33);1H4/t24-,28-;/m1./s1. The van der Waals surface area contributed by atoms with Crippen LogP contribution in [0.25, 0.3) is 0 Å². The minimum absolute atomic E-state index is 0. The van der Waals surface area contributed by atoms with Crippen molar-refractivity contribution in [3.63, 3.8) is 0 Å². The summed E-state index contributed by atoms with van der Waals surface area (Å²) in [6, 6.07) is 12.9. The van der Waals surface area contributed by atoms with Crippen LogP contribution < -0.4 is 14.8 Å². The summed E-state index contributed by atoms with van der Waals surface area (Å²) in [6.07, 6.45) is 4.33. The van der Waals surface area contributed by atoms with Crippen molar-refractivity contribution in [3.8, 4) is 11.5 Å². The zero-order valence-electron chi connectivity index (χ0n) is 21.4. The summed E-state index contributed by atoms with van der Waals surface area (Å²) in [5.41, 5.74) is 2.61. The first-order valence-electron chi connectivity index (χ1n) is 13.5. The maximum atomic E-state index is 12.9. The normalized spacial score (nSPS) is 18.0. The predicted octanol–water partition coefficient (Wildman–Crippen LogP) is 3.92. The van der Waals surface area contributed by atoms with Crippen molar-refractivity contribution in [1.29, 1.82) is 0 Å². The largest absolute Gasteiger partial charge is 0.486 e. The van der Waals surface area contributed by atoms with E-state index in [1.54, 1.807) is 0 Å². The maximum Gasteiger partial charge on any atom is 0.254 e. The number of nitrogens with one attached hydrogen (secondary N) is 1. The topological polar surface area (TPSA) is 91.3 Å². The highest BCUT2D eigenvalue weighted by Gasteiger charge is 2.28. The van der Waals surface area contributed by atoms with Gasteiger partial charge in [0.1, 0.15) is 19.3 Å². The molecule has 0 saturated carbocycles. The molecule has 38 heavy (non-hydrogen) atoms. The molecule has 5 rings (SSSR count). The third-order valence-corrected chi connectivity index (χ3v) is 7.52. The highest BCUT2D eigenvalue weighted by molar-refractivity contribution is 5.98. The average molecular weight is 524 g/mol. The molecule has 0 radical (unpaired) electrons. The molecular weight excluding hydrogens is 482 g/mol. The number of hydrogen-bond acceptors (Lipinski definition) is 6. The van der Waals surface area contributed by atoms with E-state index in [-0.39, 0.29) is 19.2 Å². The number of unbranched alkanes of at least 4 members (excludes halogenated alkanes) is 2. The summed E-state index contributed by atoms with van der Waals surface area (Å²) in [5, 5.41) is 14.4. The Morgan fingerprint density at radius 3 is 2.55 bits per heavy atom. The Hall–Kier alpha value is -3.10. The molecule has 0 spiro atoms. The number of aliphatic hydroxyl groups excluding tert-OH is 1. The minimum Gasteiger partial charge on any atom is -0.486 e. The number of aliphatic hydroxyl groups is 1. The molecule has 8 heteroatoms. The number of carbonyl (C=O) groups is 2. The Balaban J connectivity index is 0.00000336. The fourth-order valence-corrected chi connectivity index (χ4v) is 5.48. The highest BCUT2D eigenvalue weighted by atomic mass is 16.6. The lowest BCUT2D eigenvalue weighted by Crippen LogP contribution is -2.46. The highest BCUT2D eigenvalue weighted by Crippen LogP contribution is 2.33. The van der Waals surface area contributed by atoms with Gasteiger partial charge in [-0.3, -0.25) is 9.59 Å². The zero-order valence-corrected chi connectivity index (χ0v) is 21.4. The van der Waals surface area contributed by atoms with Crippen LogP contribution in [0.1, 0.15) is 73.5 Å². The molecule has 3 heterocycles. The van der Waals surface area contributed by atoms with E-state index in [1.807, 2.05) is 47.4 Å². The monoisotopic (exact) mass is 523 g/mol. The van der Waals surface area contributed by atoms with Gasteiger partial charge in [-0.1, -0.05) is 38.1 Å². The maximum absolute atomic E-state index is 12.9. The van der Waals surface area contributed by atoms with E-state index >= 15 is 0 Å². The quantitative estimate of drug-likeness (QED) is 0.434. The zero-order chi connectivity index (χ0) is 25.6. The van der Waals surface area contributed by atoms with E-state index in [9.17, 15) is 14.7 Å². The Labute approximate surface area is 225 Å². The molecule has 2 amide bonds. The number of fused-ring (bicyclic) bond motifs is 2. The second-order valence-corrected chi connectivity index (χ2v) is 10.2. The van der Waals surface area contributed by atoms with Gasteiger partial charge < -0.3 is 29.7 Å². The summed E-state index contributed by atoms with van der Waals surface area (Å²) in [7, 11) is 0. The van der Waals surface area contributed by atoms with Crippen LogP contribution in [-0.4, -0.2) is 72.2 Å². The molecule has 2 N–H and O–H groups in total. The summed E-state index contributed by atoms with van der Waals surface area (Å²) >= 11 is 0. The molecule has 0 bridgehead atoms. The fraction of sp³-hybridized carbons (Fsp3) is 0.533. The van der Waals surface area contributed by atoms with E-state index in [0.717, 1.165) is 56.3 Å². The van der Waals surface area contributed by atoms with Crippen LogP contribution in [0.2, 0.25) is 0 Å². The summed E-state index contributed by atoms with van der Waals surface area (Å²) in [4.78, 5) is 29.6. The van der Waals surface area contributed by atoms with Gasteiger partial charge in [0.25, 0.3) is 5.91 Å². The van der Waals surface area contributed by atoms with Gasteiger partial charge in [0, 0.05) is 31.6 Å². The van der Waals surface area contributed by atoms with E-state index < -0.39 is 12.1 Å². The second kappa shape index (κ2) is 13.1. The third kappa shape index (κ3) is 6.66. The third-order valence-electron chi connectivity index (χ3n) is 7.52. The van der Waals surface area contributed by atoms with E-state index in [2.05, 4.69) is 10.2 Å². The predicted molar refractivity (Wildman–Crippen MR) is 146 cm³/mol. The SMILES string of the molecule is C.O=C(CCCCCN1Cc2ccccc2C1=O)N[C@H](CN1CCCC1)[C@H](O)c1ccc2c(c1)OCCO2. The average Bonchev–Trinajstić information content (AvgIpc) is 3.55. The summed E-state index contributed by atoms with van der Waals surface area (Å²) in [5.74, 6) is 1.37. The van der Waals surface area contributed by atoms with Crippen molar-refractivity contribution in [2.24, 2.45) is 0 Å². The van der Waals surface area contributed by atoms with Crippen LogP contribution in [0.4, 0.5) is 0 Å². The molecule has 2 aromatic carbocycles. The van der Waals surface area contributed by atoms with E-state index in [0.29, 0.717) is 56.3 Å². The van der Waals surface area contributed by atoms with Gasteiger partial charge in [-0.15, -0.1) is 0 Å². The van der Waals surface area contributed by atoms with Gasteiger partial charge in [0.05, 0.1) is 6.04 Å². The number of amides is 2. The molecule has 0 unspecified atom stereocenters. The van der Waals surface area contributed by atoms with Crippen LogP contribution in [0, 0.1) is 0 Å². The number of likely N-dealkylation sites (tertiary alicyclic amines) is 1. The van der Waals surface area contributed by atoms with E-state index in [4.69, 9.17) is 9.47 Å². The van der Waals surface area contributed by atoms with Crippen LogP contribution in [-0.2, 0) is 11.3 Å². The van der Waals surface area contributed by atoms with Crippen LogP contribution >= 0.6 is 0 Å². The number of ether oxygens (including phenoxy) is 2. The lowest BCUT2D eigenvalue weighted by Gasteiger charge is -2.29. The number of benzene rings is 2. The minimum atomic E-state index is -0.844. The number of hydrogen-bond donors (Lipinski definition) is 2. The molecule has 1 saturated heterocycles. The Kier molecular flexibility index (Phi) is 9.63. The van der Waals surface area contributed by atoms with Gasteiger partial charge in [-0.05, 0) is 68.1 Å². The van der Waals surface area contributed by atoms with Crippen molar-refractivity contribution < 1.29 is 24.2 Å². The number of nitrogens with zero attached hydrogens (tertiary/aromatic N) is 2. The lowest BCUT2D eigenvalue weighted by molar-refractivity contribution is -0.123. The van der Waals surface area contributed by atoms with Gasteiger partial charge in [-0.2, -0.15) is 0 Å². The van der Waals surface area contributed by atoms with Crippen LogP contribution in [0.5, 0.6) is 11.5 Å². The van der Waals surface area contributed by atoms with Crippen molar-refractivity contribution in [2.75, 3.05) is 39.4 Å². The first kappa shape index (κ1) is 27.9. The Morgan fingerprint density at radius 1 is 1.00 bits per heavy atom. The smallest absolute Gasteiger partial charge is 0.254 e. The molecule has 1 fully saturated rings. The molecule has 0 aliphatic carbocycles. The molecule has 0 aromatic heterocycles. The molecule has 3 aliphatic rings. The van der Waals surface area contributed by atoms with Gasteiger partial charge in [-0.25, -0.2) is 0 Å². The number of rotatable bonds is 11. The van der Waals surface area contributed by atoms with Gasteiger partial charge in [0.15, 0.2) is 11.5 Å². The second-order valence-electron chi connectivity index (χ2n) is 10.2. The summed E-state index contributed by atoms with van der Waals surface area (Å²) in [6.45, 7) is 4.96. The first-order chi connectivity index (χ1) is 18.1. The molecule has 2 aromatic rings. The van der Waals surface area contributed by atoms with Crippen molar-refractivity contribution in [3.05, 3.63) is 59.2 Å². The molecule has 206 valence electrons. The van der Waals surface area contributed by atoms with Gasteiger partial charge >= 0.3 is 0 Å². The number of carbonyl (C=O) groups excluding carboxylic acids is 2. The van der Waals surface area contributed by atoms with Gasteiger partial charge in [0.2, 0.25) is 5.91 Å². The van der Waals surface area contributed by atoms with Crippen LogP contribution in [0.15, 0.2) is 42.5 Å². The fourth-order valence-electron chi connectivity index (χ4n) is 5.48. The van der Waals surface area contributed by atoms with Crippen molar-refractivity contribution in [1.82, 2.24) is 15.1 Å². The Morgan fingerprint density at radius 2 is 1.76 bits per heavy atom. The van der Waals surface area contributed by atoms with Crippen LogP contribution in [0.3, 0.4) is 0 Å². The Bertz CT molecular complexity index is 1100. The van der Waals surface area contributed by atoms with Crippen molar-refractivity contribution in [2.45, 2.75) is 64.6 Å². The molecule has 2 atom stereocenters. The van der Waals surface area contributed by atoms with E-state index in [1.165, 1.54) is 0 Å². The molecule has 8 nitrogen and oxygen atoms in total.